The van der Waals surface area contributed by atoms with E-state index in [4.69, 9.17) is 0 Å². The number of nitrogens with zero attached hydrogens (tertiary/aromatic N) is 3. The summed E-state index contributed by atoms with van der Waals surface area (Å²) in [5.74, 6) is -0.431. The van der Waals surface area contributed by atoms with Crippen molar-refractivity contribution in [3.8, 4) is 0 Å². The van der Waals surface area contributed by atoms with E-state index in [9.17, 15) is 18.0 Å². The highest BCUT2D eigenvalue weighted by atomic mass is 32.1. The van der Waals surface area contributed by atoms with Crippen molar-refractivity contribution in [1.82, 2.24) is 15.0 Å². The van der Waals surface area contributed by atoms with Crippen LogP contribution in [-0.2, 0) is 6.18 Å². The van der Waals surface area contributed by atoms with Gasteiger partial charge < -0.3 is 9.42 Å². The van der Waals surface area contributed by atoms with Gasteiger partial charge in [0.2, 0.25) is 0 Å². The normalized spacial score (nSPS) is 17.0. The first-order valence-electron chi connectivity index (χ1n) is 6.67. The number of amides is 1. The topological polar surface area (TPSA) is 59.2 Å². The fourth-order valence-corrected chi connectivity index (χ4v) is 3.34. The Labute approximate surface area is 127 Å². The van der Waals surface area contributed by atoms with Crippen molar-refractivity contribution in [3.63, 3.8) is 0 Å². The first-order chi connectivity index (χ1) is 10.5. The van der Waals surface area contributed by atoms with Crippen LogP contribution in [0, 0.1) is 0 Å². The zero-order valence-corrected chi connectivity index (χ0v) is 12.2. The van der Waals surface area contributed by atoms with Gasteiger partial charge in [-0.25, -0.2) is 4.98 Å². The highest BCUT2D eigenvalue weighted by Gasteiger charge is 2.41. The van der Waals surface area contributed by atoms with Gasteiger partial charge in [0.1, 0.15) is 11.8 Å². The average Bonchev–Trinajstić information content (AvgIpc) is 3.17. The molecule has 0 N–H and O–H groups in total. The Bertz CT molecular complexity index is 646. The molecule has 0 saturated carbocycles. The molecule has 2 aromatic heterocycles. The van der Waals surface area contributed by atoms with Gasteiger partial charge in [-0.1, -0.05) is 5.16 Å². The molecule has 1 amide bonds. The standard InChI is InChI=1S/C13H12F3N3O2S/c14-13(15,16)10-9(7-21-18-10)12(20)19-4-1-8(2-5-19)11-17-3-6-22-11/h3,6-8H,1-2,4-5H2. The largest absolute Gasteiger partial charge is 0.437 e. The van der Waals surface area contributed by atoms with Crippen molar-refractivity contribution in [2.75, 3.05) is 13.1 Å². The maximum Gasteiger partial charge on any atom is 0.437 e. The molecule has 1 aliphatic rings. The molecule has 0 unspecified atom stereocenters. The van der Waals surface area contributed by atoms with Crippen LogP contribution in [0.15, 0.2) is 22.4 Å². The summed E-state index contributed by atoms with van der Waals surface area (Å²) in [6.45, 7) is 0.789. The quantitative estimate of drug-likeness (QED) is 0.848. The summed E-state index contributed by atoms with van der Waals surface area (Å²) in [6.07, 6.45) is -0.836. The zero-order chi connectivity index (χ0) is 15.7. The minimum absolute atomic E-state index is 0.258. The Morgan fingerprint density at radius 3 is 2.68 bits per heavy atom. The second kappa shape index (κ2) is 5.71. The van der Waals surface area contributed by atoms with Gasteiger partial charge in [-0.3, -0.25) is 4.79 Å². The third-order valence-electron chi connectivity index (χ3n) is 3.65. The SMILES string of the molecule is O=C(c1conc1C(F)(F)F)N1CCC(c2nccs2)CC1. The smallest absolute Gasteiger partial charge is 0.363 e. The first kappa shape index (κ1) is 15.0. The minimum Gasteiger partial charge on any atom is -0.363 e. The van der Waals surface area contributed by atoms with Crippen LogP contribution < -0.4 is 0 Å². The van der Waals surface area contributed by atoms with Crippen LogP contribution in [0.4, 0.5) is 13.2 Å². The van der Waals surface area contributed by atoms with Gasteiger partial charge in [0.25, 0.3) is 5.91 Å². The molecular weight excluding hydrogens is 319 g/mol. The lowest BCUT2D eigenvalue weighted by Crippen LogP contribution is -2.38. The Balaban J connectivity index is 1.69. The summed E-state index contributed by atoms with van der Waals surface area (Å²) in [4.78, 5) is 17.9. The number of carbonyl (C=O) groups is 1. The Hall–Kier alpha value is -1.90. The van der Waals surface area contributed by atoms with E-state index in [1.807, 2.05) is 5.38 Å². The number of hydrogen-bond acceptors (Lipinski definition) is 5. The van der Waals surface area contributed by atoms with Crippen molar-refractivity contribution in [3.05, 3.63) is 34.1 Å². The maximum atomic E-state index is 12.8. The van der Waals surface area contributed by atoms with Crippen LogP contribution in [0.5, 0.6) is 0 Å². The van der Waals surface area contributed by atoms with Gasteiger partial charge >= 0.3 is 6.18 Å². The number of alkyl halides is 3. The van der Waals surface area contributed by atoms with E-state index >= 15 is 0 Å². The maximum absolute atomic E-state index is 12.8. The molecule has 0 radical (unpaired) electrons. The van der Waals surface area contributed by atoms with Gasteiger partial charge in [0.15, 0.2) is 5.69 Å². The van der Waals surface area contributed by atoms with E-state index in [1.54, 1.807) is 17.5 Å². The van der Waals surface area contributed by atoms with Crippen molar-refractivity contribution in [2.24, 2.45) is 0 Å². The molecule has 1 fully saturated rings. The Morgan fingerprint density at radius 2 is 2.09 bits per heavy atom. The van der Waals surface area contributed by atoms with Crippen LogP contribution in [0.3, 0.4) is 0 Å². The average molecular weight is 331 g/mol. The fourth-order valence-electron chi connectivity index (χ4n) is 2.53. The second-order valence-corrected chi connectivity index (χ2v) is 5.94. The number of piperidine rings is 1. The van der Waals surface area contributed by atoms with E-state index in [2.05, 4.69) is 14.7 Å². The van der Waals surface area contributed by atoms with Gasteiger partial charge in [0.05, 0.1) is 5.01 Å². The first-order valence-corrected chi connectivity index (χ1v) is 7.55. The van der Waals surface area contributed by atoms with Gasteiger partial charge in [-0.15, -0.1) is 11.3 Å². The number of thiazole rings is 1. The summed E-state index contributed by atoms with van der Waals surface area (Å²) >= 11 is 1.55. The molecule has 0 atom stereocenters. The molecule has 118 valence electrons. The van der Waals surface area contributed by atoms with E-state index in [1.165, 1.54) is 4.90 Å². The molecule has 22 heavy (non-hydrogen) atoms. The molecule has 0 aliphatic carbocycles. The molecule has 0 spiro atoms. The second-order valence-electron chi connectivity index (χ2n) is 5.01. The highest BCUT2D eigenvalue weighted by molar-refractivity contribution is 7.09. The lowest BCUT2D eigenvalue weighted by atomic mass is 9.97. The molecule has 1 aliphatic heterocycles. The Morgan fingerprint density at radius 1 is 1.36 bits per heavy atom. The number of carbonyl (C=O) groups excluding carboxylic acids is 1. The number of hydrogen-bond donors (Lipinski definition) is 0. The predicted octanol–water partition coefficient (Wildman–Crippen LogP) is 3.17. The van der Waals surface area contributed by atoms with E-state index in [0.29, 0.717) is 25.9 Å². The van der Waals surface area contributed by atoms with Crippen molar-refractivity contribution in [2.45, 2.75) is 24.9 Å². The van der Waals surface area contributed by atoms with E-state index in [0.717, 1.165) is 11.3 Å². The van der Waals surface area contributed by atoms with Gasteiger partial charge in [-0.05, 0) is 12.8 Å². The number of rotatable bonds is 2. The molecule has 0 bridgehead atoms. The van der Waals surface area contributed by atoms with Crippen molar-refractivity contribution < 1.29 is 22.5 Å². The van der Waals surface area contributed by atoms with Crippen molar-refractivity contribution >= 4 is 17.2 Å². The molecule has 2 aromatic rings. The summed E-state index contributed by atoms with van der Waals surface area (Å²) in [5.41, 5.74) is -1.79. The molecule has 9 heteroatoms. The Kier molecular flexibility index (Phi) is 3.90. The van der Waals surface area contributed by atoms with Crippen LogP contribution in [-0.4, -0.2) is 34.0 Å². The number of halogens is 3. The molecular formula is C13H12F3N3O2S. The molecule has 1 saturated heterocycles. The highest BCUT2D eigenvalue weighted by Crippen LogP contribution is 2.33. The van der Waals surface area contributed by atoms with Crippen LogP contribution in [0.1, 0.15) is 39.8 Å². The summed E-state index contributed by atoms with van der Waals surface area (Å²) in [7, 11) is 0. The summed E-state index contributed by atoms with van der Waals surface area (Å²) in [6, 6.07) is 0. The third-order valence-corrected chi connectivity index (χ3v) is 4.59. The van der Waals surface area contributed by atoms with Crippen LogP contribution in [0.25, 0.3) is 0 Å². The molecule has 3 rings (SSSR count). The van der Waals surface area contributed by atoms with Gasteiger partial charge in [-0.2, -0.15) is 13.2 Å². The molecule has 3 heterocycles. The third kappa shape index (κ3) is 2.85. The number of likely N-dealkylation sites (tertiary alicyclic amines) is 1. The van der Waals surface area contributed by atoms with E-state index in [-0.39, 0.29) is 5.92 Å². The number of aromatic nitrogens is 2. The summed E-state index contributed by atoms with van der Waals surface area (Å²) < 4.78 is 42.6. The van der Waals surface area contributed by atoms with Crippen molar-refractivity contribution in [1.29, 1.82) is 0 Å². The fraction of sp³-hybridized carbons (Fsp3) is 0.462. The summed E-state index contributed by atoms with van der Waals surface area (Å²) in [5, 5.41) is 5.80. The lowest BCUT2D eigenvalue weighted by molar-refractivity contribution is -0.143. The van der Waals surface area contributed by atoms with Crippen LogP contribution >= 0.6 is 11.3 Å². The minimum atomic E-state index is -4.70. The molecule has 0 aromatic carbocycles. The molecule has 5 nitrogen and oxygen atoms in total. The van der Waals surface area contributed by atoms with E-state index < -0.39 is 23.3 Å². The van der Waals surface area contributed by atoms with Gasteiger partial charge in [0, 0.05) is 30.6 Å². The predicted molar refractivity (Wildman–Crippen MR) is 71.5 cm³/mol. The monoisotopic (exact) mass is 331 g/mol. The zero-order valence-electron chi connectivity index (χ0n) is 11.3. The lowest BCUT2D eigenvalue weighted by Gasteiger charge is -2.31. The van der Waals surface area contributed by atoms with Crippen LogP contribution in [0.2, 0.25) is 0 Å².